The Morgan fingerprint density at radius 1 is 1.21 bits per heavy atom. The SMILES string of the molecule is CCC(O)(CC)CNC(CO)C(C)C. The quantitative estimate of drug-likeness (QED) is 0.581. The molecule has 0 saturated heterocycles. The number of aliphatic hydroxyl groups is 2. The van der Waals surface area contributed by atoms with E-state index >= 15 is 0 Å². The van der Waals surface area contributed by atoms with Gasteiger partial charge in [-0.05, 0) is 18.8 Å². The van der Waals surface area contributed by atoms with Crippen molar-refractivity contribution in [3.8, 4) is 0 Å². The van der Waals surface area contributed by atoms with Crippen LogP contribution >= 0.6 is 0 Å². The minimum Gasteiger partial charge on any atom is -0.395 e. The van der Waals surface area contributed by atoms with E-state index in [2.05, 4.69) is 19.2 Å². The summed E-state index contributed by atoms with van der Waals surface area (Å²) in [6, 6.07) is 0.0830. The molecule has 0 aliphatic heterocycles. The van der Waals surface area contributed by atoms with Crippen molar-refractivity contribution in [2.45, 2.75) is 52.2 Å². The molecule has 0 rings (SSSR count). The molecule has 0 aromatic rings. The van der Waals surface area contributed by atoms with E-state index in [-0.39, 0.29) is 12.6 Å². The molecule has 0 fully saturated rings. The molecular formula is C11H25NO2. The third-order valence-corrected chi connectivity index (χ3v) is 3.01. The fourth-order valence-corrected chi connectivity index (χ4v) is 1.33. The zero-order chi connectivity index (χ0) is 11.2. The van der Waals surface area contributed by atoms with Crippen LogP contribution in [0.5, 0.6) is 0 Å². The third-order valence-electron chi connectivity index (χ3n) is 3.01. The Hall–Kier alpha value is -0.120. The third kappa shape index (κ3) is 4.40. The second kappa shape index (κ2) is 6.38. The van der Waals surface area contributed by atoms with Crippen LogP contribution in [0, 0.1) is 5.92 Å². The van der Waals surface area contributed by atoms with Gasteiger partial charge in [-0.25, -0.2) is 0 Å². The molecule has 0 aromatic heterocycles. The molecule has 14 heavy (non-hydrogen) atoms. The van der Waals surface area contributed by atoms with E-state index in [9.17, 15) is 5.11 Å². The highest BCUT2D eigenvalue weighted by Gasteiger charge is 2.23. The van der Waals surface area contributed by atoms with Gasteiger partial charge in [0.05, 0.1) is 12.2 Å². The van der Waals surface area contributed by atoms with Gasteiger partial charge in [0.25, 0.3) is 0 Å². The van der Waals surface area contributed by atoms with Crippen LogP contribution in [-0.2, 0) is 0 Å². The molecule has 0 spiro atoms. The number of rotatable bonds is 7. The normalized spacial score (nSPS) is 14.8. The lowest BCUT2D eigenvalue weighted by Gasteiger charge is -2.29. The number of nitrogens with one attached hydrogen (secondary N) is 1. The van der Waals surface area contributed by atoms with Crippen molar-refractivity contribution in [2.75, 3.05) is 13.2 Å². The van der Waals surface area contributed by atoms with Crippen molar-refractivity contribution in [3.63, 3.8) is 0 Å². The van der Waals surface area contributed by atoms with Crippen LogP contribution < -0.4 is 5.32 Å². The molecule has 0 saturated carbocycles. The number of aliphatic hydroxyl groups excluding tert-OH is 1. The predicted octanol–water partition coefficient (Wildman–Crippen LogP) is 1.14. The fourth-order valence-electron chi connectivity index (χ4n) is 1.33. The van der Waals surface area contributed by atoms with E-state index in [1.165, 1.54) is 0 Å². The molecule has 3 nitrogen and oxygen atoms in total. The smallest absolute Gasteiger partial charge is 0.0766 e. The first-order chi connectivity index (χ1) is 6.49. The molecule has 1 atom stereocenters. The molecule has 3 N–H and O–H groups in total. The summed E-state index contributed by atoms with van der Waals surface area (Å²) >= 11 is 0. The van der Waals surface area contributed by atoms with Crippen LogP contribution in [0.15, 0.2) is 0 Å². The average molecular weight is 203 g/mol. The van der Waals surface area contributed by atoms with E-state index < -0.39 is 5.60 Å². The Balaban J connectivity index is 4.00. The topological polar surface area (TPSA) is 52.5 Å². The first-order valence-electron chi connectivity index (χ1n) is 5.55. The molecular weight excluding hydrogens is 178 g/mol. The van der Waals surface area contributed by atoms with Gasteiger partial charge in [0, 0.05) is 12.6 Å². The highest BCUT2D eigenvalue weighted by atomic mass is 16.3. The first-order valence-corrected chi connectivity index (χ1v) is 5.55. The lowest BCUT2D eigenvalue weighted by atomic mass is 9.96. The van der Waals surface area contributed by atoms with E-state index in [4.69, 9.17) is 5.11 Å². The van der Waals surface area contributed by atoms with Crippen molar-refractivity contribution in [3.05, 3.63) is 0 Å². The number of hydrogen-bond acceptors (Lipinski definition) is 3. The molecule has 3 heteroatoms. The fraction of sp³-hybridized carbons (Fsp3) is 1.00. The second-order valence-electron chi connectivity index (χ2n) is 4.35. The molecule has 0 radical (unpaired) electrons. The van der Waals surface area contributed by atoms with Gasteiger partial charge in [0.15, 0.2) is 0 Å². The van der Waals surface area contributed by atoms with E-state index in [1.807, 2.05) is 13.8 Å². The van der Waals surface area contributed by atoms with Crippen molar-refractivity contribution in [1.82, 2.24) is 5.32 Å². The monoisotopic (exact) mass is 203 g/mol. The van der Waals surface area contributed by atoms with Crippen LogP contribution in [0.2, 0.25) is 0 Å². The summed E-state index contributed by atoms with van der Waals surface area (Å²) in [5, 5.41) is 22.3. The lowest BCUT2D eigenvalue weighted by Crippen LogP contribution is -2.47. The van der Waals surface area contributed by atoms with Crippen molar-refractivity contribution in [1.29, 1.82) is 0 Å². The van der Waals surface area contributed by atoms with Crippen LogP contribution in [0.25, 0.3) is 0 Å². The Labute approximate surface area is 87.5 Å². The van der Waals surface area contributed by atoms with Gasteiger partial charge in [-0.3, -0.25) is 0 Å². The Bertz CT molecular complexity index is 144. The predicted molar refractivity (Wildman–Crippen MR) is 59.2 cm³/mol. The maximum Gasteiger partial charge on any atom is 0.0766 e. The maximum atomic E-state index is 10.0. The van der Waals surface area contributed by atoms with Crippen molar-refractivity contribution in [2.24, 2.45) is 5.92 Å². The van der Waals surface area contributed by atoms with Crippen molar-refractivity contribution < 1.29 is 10.2 Å². The lowest BCUT2D eigenvalue weighted by molar-refractivity contribution is 0.0256. The summed E-state index contributed by atoms with van der Waals surface area (Å²) in [6.45, 7) is 8.77. The summed E-state index contributed by atoms with van der Waals surface area (Å²) in [5.41, 5.74) is -0.623. The van der Waals surface area contributed by atoms with E-state index in [0.29, 0.717) is 12.5 Å². The van der Waals surface area contributed by atoms with Gasteiger partial charge in [-0.2, -0.15) is 0 Å². The van der Waals surface area contributed by atoms with Gasteiger partial charge < -0.3 is 15.5 Å². The molecule has 1 unspecified atom stereocenters. The zero-order valence-corrected chi connectivity index (χ0v) is 9.88. The average Bonchev–Trinajstić information content (AvgIpc) is 2.18. The van der Waals surface area contributed by atoms with Gasteiger partial charge >= 0.3 is 0 Å². The molecule has 0 bridgehead atoms. The van der Waals surface area contributed by atoms with E-state index in [0.717, 1.165) is 12.8 Å². The molecule has 86 valence electrons. The highest BCUT2D eigenvalue weighted by Crippen LogP contribution is 2.14. The summed E-state index contributed by atoms with van der Waals surface area (Å²) in [4.78, 5) is 0. The molecule has 0 aliphatic rings. The first kappa shape index (κ1) is 13.9. The highest BCUT2D eigenvalue weighted by molar-refractivity contribution is 4.81. The van der Waals surface area contributed by atoms with Crippen LogP contribution in [0.3, 0.4) is 0 Å². The molecule has 0 amide bonds. The Morgan fingerprint density at radius 3 is 2.00 bits per heavy atom. The zero-order valence-electron chi connectivity index (χ0n) is 9.88. The van der Waals surface area contributed by atoms with Gasteiger partial charge in [0.1, 0.15) is 0 Å². The van der Waals surface area contributed by atoms with Crippen LogP contribution in [0.4, 0.5) is 0 Å². The van der Waals surface area contributed by atoms with E-state index in [1.54, 1.807) is 0 Å². The minimum absolute atomic E-state index is 0.0830. The summed E-state index contributed by atoms with van der Waals surface area (Å²) in [7, 11) is 0. The number of hydrogen-bond donors (Lipinski definition) is 3. The van der Waals surface area contributed by atoms with Crippen LogP contribution in [-0.4, -0.2) is 35.0 Å². The molecule has 0 aliphatic carbocycles. The summed E-state index contributed by atoms with van der Waals surface area (Å²) < 4.78 is 0. The molecule has 0 aromatic carbocycles. The minimum atomic E-state index is -0.623. The maximum absolute atomic E-state index is 10.0. The van der Waals surface area contributed by atoms with Gasteiger partial charge in [-0.15, -0.1) is 0 Å². The summed E-state index contributed by atoms with van der Waals surface area (Å²) in [6.07, 6.45) is 1.49. The van der Waals surface area contributed by atoms with Crippen molar-refractivity contribution >= 4 is 0 Å². The van der Waals surface area contributed by atoms with Gasteiger partial charge in [-0.1, -0.05) is 27.7 Å². The van der Waals surface area contributed by atoms with Gasteiger partial charge in [0.2, 0.25) is 0 Å². The summed E-state index contributed by atoms with van der Waals surface area (Å²) in [5.74, 6) is 0.387. The Morgan fingerprint density at radius 2 is 1.71 bits per heavy atom. The standard InChI is InChI=1S/C11H25NO2/c1-5-11(14,6-2)8-12-10(7-13)9(3)4/h9-10,12-14H,5-8H2,1-4H3. The second-order valence-corrected chi connectivity index (χ2v) is 4.35. The molecule has 0 heterocycles. The largest absolute Gasteiger partial charge is 0.395 e. The Kier molecular flexibility index (Phi) is 6.33. The van der Waals surface area contributed by atoms with Crippen LogP contribution in [0.1, 0.15) is 40.5 Å².